The average molecular weight is 241 g/mol. The molecule has 1 aliphatic heterocycles. The van der Waals surface area contributed by atoms with Crippen LogP contribution in [0, 0.1) is 5.41 Å². The van der Waals surface area contributed by atoms with E-state index < -0.39 is 0 Å². The summed E-state index contributed by atoms with van der Waals surface area (Å²) in [4.78, 5) is 2.49. The number of ether oxygens (including phenoxy) is 1. The standard InChI is InChI=1S/C12H23N3O2/c1-17-10-2-6-15(7-3-10)9-12(4-5-12)8-11(13)14-16/h10,16H,2-9H2,1H3,(H2,13,14). The highest BCUT2D eigenvalue weighted by Crippen LogP contribution is 2.49. The summed E-state index contributed by atoms with van der Waals surface area (Å²) in [5.74, 6) is 0.370. The van der Waals surface area contributed by atoms with E-state index in [9.17, 15) is 0 Å². The van der Waals surface area contributed by atoms with Gasteiger partial charge in [0.05, 0.1) is 6.10 Å². The van der Waals surface area contributed by atoms with Gasteiger partial charge in [-0.25, -0.2) is 0 Å². The van der Waals surface area contributed by atoms with E-state index in [1.807, 2.05) is 0 Å². The lowest BCUT2D eigenvalue weighted by Crippen LogP contribution is -2.40. The van der Waals surface area contributed by atoms with Crippen molar-refractivity contribution < 1.29 is 9.94 Å². The molecule has 2 rings (SSSR count). The van der Waals surface area contributed by atoms with E-state index in [2.05, 4.69) is 10.1 Å². The molecule has 0 amide bonds. The van der Waals surface area contributed by atoms with Crippen molar-refractivity contribution in [2.24, 2.45) is 16.3 Å². The van der Waals surface area contributed by atoms with E-state index >= 15 is 0 Å². The van der Waals surface area contributed by atoms with Crippen molar-refractivity contribution in [3.05, 3.63) is 0 Å². The maximum atomic E-state index is 8.63. The Bertz CT molecular complexity index is 281. The van der Waals surface area contributed by atoms with Crippen LogP contribution in [0.4, 0.5) is 0 Å². The summed E-state index contributed by atoms with van der Waals surface area (Å²) in [6.07, 6.45) is 5.81. The van der Waals surface area contributed by atoms with Crippen molar-refractivity contribution in [2.75, 3.05) is 26.7 Å². The molecule has 5 nitrogen and oxygen atoms in total. The molecule has 1 heterocycles. The number of oxime groups is 1. The molecule has 2 fully saturated rings. The molecule has 17 heavy (non-hydrogen) atoms. The monoisotopic (exact) mass is 241 g/mol. The summed E-state index contributed by atoms with van der Waals surface area (Å²) < 4.78 is 5.37. The second-order valence-electron chi connectivity index (χ2n) is 5.48. The van der Waals surface area contributed by atoms with Crippen LogP contribution in [0.5, 0.6) is 0 Å². The lowest BCUT2D eigenvalue weighted by atomic mass is 9.99. The number of likely N-dealkylation sites (tertiary alicyclic amines) is 1. The Morgan fingerprint density at radius 3 is 2.59 bits per heavy atom. The fourth-order valence-electron chi connectivity index (χ4n) is 2.76. The SMILES string of the molecule is COC1CCN(CC2(CC(N)=NO)CC2)CC1. The molecule has 0 aromatic carbocycles. The second-order valence-corrected chi connectivity index (χ2v) is 5.48. The molecule has 1 saturated heterocycles. The highest BCUT2D eigenvalue weighted by Gasteiger charge is 2.44. The molecule has 0 radical (unpaired) electrons. The maximum absolute atomic E-state index is 8.63. The smallest absolute Gasteiger partial charge is 0.139 e. The molecule has 1 saturated carbocycles. The molecule has 5 heteroatoms. The van der Waals surface area contributed by atoms with Gasteiger partial charge in [-0.3, -0.25) is 0 Å². The van der Waals surface area contributed by atoms with Gasteiger partial charge in [0, 0.05) is 33.2 Å². The van der Waals surface area contributed by atoms with Crippen LogP contribution in [0.15, 0.2) is 5.16 Å². The van der Waals surface area contributed by atoms with E-state index in [0.717, 1.165) is 38.9 Å². The first-order valence-corrected chi connectivity index (χ1v) is 6.39. The molecule has 0 unspecified atom stereocenters. The number of piperidine rings is 1. The number of hydrogen-bond donors (Lipinski definition) is 2. The van der Waals surface area contributed by atoms with Gasteiger partial charge in [-0.05, 0) is 31.1 Å². The van der Waals surface area contributed by atoms with Crippen molar-refractivity contribution in [1.82, 2.24) is 4.90 Å². The minimum absolute atomic E-state index is 0.288. The van der Waals surface area contributed by atoms with Crippen LogP contribution >= 0.6 is 0 Å². The number of hydrogen-bond acceptors (Lipinski definition) is 4. The van der Waals surface area contributed by atoms with Gasteiger partial charge < -0.3 is 20.6 Å². The Hall–Kier alpha value is -0.810. The van der Waals surface area contributed by atoms with Crippen LogP contribution in [-0.4, -0.2) is 48.8 Å². The number of amidine groups is 1. The van der Waals surface area contributed by atoms with Gasteiger partial charge >= 0.3 is 0 Å². The van der Waals surface area contributed by atoms with E-state index in [0.29, 0.717) is 11.9 Å². The maximum Gasteiger partial charge on any atom is 0.139 e. The van der Waals surface area contributed by atoms with E-state index in [1.54, 1.807) is 7.11 Å². The van der Waals surface area contributed by atoms with E-state index in [1.165, 1.54) is 12.8 Å². The number of rotatable bonds is 5. The zero-order valence-corrected chi connectivity index (χ0v) is 10.6. The molecule has 98 valence electrons. The predicted octanol–water partition coefficient (Wildman–Crippen LogP) is 1.01. The molecule has 0 aromatic heterocycles. The van der Waals surface area contributed by atoms with Gasteiger partial charge in [-0.1, -0.05) is 5.16 Å². The molecule has 0 bridgehead atoms. The molecular weight excluding hydrogens is 218 g/mol. The quantitative estimate of drug-likeness (QED) is 0.326. The highest BCUT2D eigenvalue weighted by atomic mass is 16.5. The Morgan fingerprint density at radius 1 is 1.47 bits per heavy atom. The van der Waals surface area contributed by atoms with Gasteiger partial charge in [-0.2, -0.15) is 0 Å². The fourth-order valence-corrected chi connectivity index (χ4v) is 2.76. The molecule has 3 N–H and O–H groups in total. The minimum Gasteiger partial charge on any atom is -0.409 e. The first-order valence-electron chi connectivity index (χ1n) is 6.39. The molecule has 0 atom stereocenters. The van der Waals surface area contributed by atoms with Gasteiger partial charge in [0.15, 0.2) is 0 Å². The van der Waals surface area contributed by atoms with Gasteiger partial charge in [0.25, 0.3) is 0 Å². The zero-order chi connectivity index (χ0) is 12.3. The minimum atomic E-state index is 0.288. The summed E-state index contributed by atoms with van der Waals surface area (Å²) in [6.45, 7) is 3.30. The van der Waals surface area contributed by atoms with Crippen molar-refractivity contribution in [3.63, 3.8) is 0 Å². The molecule has 1 aliphatic carbocycles. The first kappa shape index (κ1) is 12.6. The van der Waals surface area contributed by atoms with E-state index in [-0.39, 0.29) is 5.41 Å². The van der Waals surface area contributed by atoms with Crippen LogP contribution in [0.2, 0.25) is 0 Å². The van der Waals surface area contributed by atoms with Crippen LogP contribution < -0.4 is 5.73 Å². The van der Waals surface area contributed by atoms with Crippen LogP contribution in [0.3, 0.4) is 0 Å². The third-order valence-electron chi connectivity index (χ3n) is 4.07. The largest absolute Gasteiger partial charge is 0.409 e. The summed E-state index contributed by atoms with van der Waals surface area (Å²) in [5, 5.41) is 11.7. The average Bonchev–Trinajstić information content (AvgIpc) is 3.09. The van der Waals surface area contributed by atoms with Crippen LogP contribution in [-0.2, 0) is 4.74 Å². The van der Waals surface area contributed by atoms with Crippen LogP contribution in [0.1, 0.15) is 32.1 Å². The second kappa shape index (κ2) is 5.23. The Balaban J connectivity index is 1.78. The van der Waals surface area contributed by atoms with Crippen molar-refractivity contribution in [1.29, 1.82) is 0 Å². The molecule has 0 spiro atoms. The fraction of sp³-hybridized carbons (Fsp3) is 0.917. The Morgan fingerprint density at radius 2 is 2.12 bits per heavy atom. The third-order valence-corrected chi connectivity index (χ3v) is 4.07. The molecular formula is C12H23N3O2. The third kappa shape index (κ3) is 3.33. The Labute approximate surface area is 103 Å². The van der Waals surface area contributed by atoms with Crippen molar-refractivity contribution >= 4 is 5.84 Å². The van der Waals surface area contributed by atoms with Gasteiger partial charge in [0.2, 0.25) is 0 Å². The number of nitrogens with zero attached hydrogens (tertiary/aromatic N) is 2. The predicted molar refractivity (Wildman–Crippen MR) is 66.2 cm³/mol. The Kier molecular flexibility index (Phi) is 3.89. The highest BCUT2D eigenvalue weighted by molar-refractivity contribution is 5.80. The molecule has 2 aliphatic rings. The van der Waals surface area contributed by atoms with Gasteiger partial charge in [-0.15, -0.1) is 0 Å². The first-order chi connectivity index (χ1) is 8.17. The summed E-state index contributed by atoms with van der Waals surface area (Å²) >= 11 is 0. The zero-order valence-electron chi connectivity index (χ0n) is 10.6. The number of methoxy groups -OCH3 is 1. The van der Waals surface area contributed by atoms with Crippen molar-refractivity contribution in [3.8, 4) is 0 Å². The van der Waals surface area contributed by atoms with Gasteiger partial charge in [0.1, 0.15) is 5.84 Å². The summed E-state index contributed by atoms with van der Waals surface area (Å²) in [7, 11) is 1.79. The topological polar surface area (TPSA) is 71.1 Å². The number of nitrogens with two attached hydrogens (primary N) is 1. The van der Waals surface area contributed by atoms with E-state index in [4.69, 9.17) is 15.7 Å². The lowest BCUT2D eigenvalue weighted by molar-refractivity contribution is 0.0353. The van der Waals surface area contributed by atoms with Crippen molar-refractivity contribution in [2.45, 2.75) is 38.2 Å². The summed E-state index contributed by atoms with van der Waals surface area (Å²) in [6, 6.07) is 0. The van der Waals surface area contributed by atoms with Crippen LogP contribution in [0.25, 0.3) is 0 Å². The lowest BCUT2D eigenvalue weighted by Gasteiger charge is -2.33. The molecule has 0 aromatic rings. The normalized spacial score (nSPS) is 26.1. The summed E-state index contributed by atoms with van der Waals surface area (Å²) in [5.41, 5.74) is 5.90.